The molecule has 2 amide bonds. The van der Waals surface area contributed by atoms with Crippen molar-refractivity contribution in [2.75, 3.05) is 13.6 Å². The zero-order chi connectivity index (χ0) is 13.0. The normalized spacial score (nSPS) is 11.9. The van der Waals surface area contributed by atoms with E-state index in [1.54, 1.807) is 27.2 Å². The first-order valence-electron chi connectivity index (χ1n) is 5.18. The number of nitrogens with one attached hydrogen (secondary N) is 1. The van der Waals surface area contributed by atoms with Gasteiger partial charge in [-0.25, -0.2) is 9.59 Å². The summed E-state index contributed by atoms with van der Waals surface area (Å²) in [5.74, 6) is -1.11. The summed E-state index contributed by atoms with van der Waals surface area (Å²) < 4.78 is 1.49. The highest BCUT2D eigenvalue weighted by Crippen LogP contribution is 2.12. The van der Waals surface area contributed by atoms with E-state index in [9.17, 15) is 9.59 Å². The number of aliphatic carboxylic acids is 1. The fraction of sp³-hybridized carbons (Fsp3) is 0.500. The first-order chi connectivity index (χ1) is 7.95. The maximum absolute atomic E-state index is 11.6. The Bertz CT molecular complexity index is 415. The molecule has 0 radical (unpaired) electrons. The van der Waals surface area contributed by atoms with E-state index in [-0.39, 0.29) is 0 Å². The van der Waals surface area contributed by atoms with Crippen molar-refractivity contribution >= 4 is 12.0 Å². The van der Waals surface area contributed by atoms with Gasteiger partial charge in [0.2, 0.25) is 0 Å². The quantitative estimate of drug-likeness (QED) is 0.787. The fourth-order valence-corrected chi connectivity index (χ4v) is 1.25. The molecule has 94 valence electrons. The van der Waals surface area contributed by atoms with Crippen LogP contribution in [-0.2, 0) is 11.8 Å². The van der Waals surface area contributed by atoms with Gasteiger partial charge in [0.1, 0.15) is 0 Å². The number of hydrogen-bond acceptors (Lipinski definition) is 3. The first kappa shape index (κ1) is 13.0. The van der Waals surface area contributed by atoms with E-state index in [0.29, 0.717) is 12.1 Å². The minimum atomic E-state index is -1.11. The van der Waals surface area contributed by atoms with Crippen LogP contribution in [-0.4, -0.2) is 45.4 Å². The molecule has 0 aliphatic carbocycles. The Labute approximate surface area is 99.0 Å². The number of aryl methyl sites for hydroxylation is 1. The van der Waals surface area contributed by atoms with Gasteiger partial charge in [0.25, 0.3) is 0 Å². The number of carboxylic acids is 1. The minimum Gasteiger partial charge on any atom is -0.479 e. The second-order valence-corrected chi connectivity index (χ2v) is 3.68. The molecule has 7 nitrogen and oxygen atoms in total. The summed E-state index contributed by atoms with van der Waals surface area (Å²) in [4.78, 5) is 24.1. The van der Waals surface area contributed by atoms with Crippen molar-refractivity contribution < 1.29 is 14.7 Å². The van der Waals surface area contributed by atoms with Crippen LogP contribution < -0.4 is 5.32 Å². The highest BCUT2D eigenvalue weighted by atomic mass is 16.4. The van der Waals surface area contributed by atoms with Gasteiger partial charge in [0.15, 0.2) is 6.04 Å². The van der Waals surface area contributed by atoms with Crippen LogP contribution in [0, 0.1) is 0 Å². The maximum atomic E-state index is 11.6. The van der Waals surface area contributed by atoms with E-state index < -0.39 is 18.0 Å². The summed E-state index contributed by atoms with van der Waals surface area (Å²) in [7, 11) is 3.28. The van der Waals surface area contributed by atoms with Crippen molar-refractivity contribution in [1.29, 1.82) is 0 Å². The Morgan fingerprint density at radius 3 is 2.71 bits per heavy atom. The number of nitrogens with zero attached hydrogens (tertiary/aromatic N) is 3. The molecule has 1 aromatic rings. The predicted molar refractivity (Wildman–Crippen MR) is 60.4 cm³/mol. The lowest BCUT2D eigenvalue weighted by Crippen LogP contribution is -2.41. The third kappa shape index (κ3) is 3.20. The van der Waals surface area contributed by atoms with Gasteiger partial charge in [-0.1, -0.05) is 0 Å². The maximum Gasteiger partial charge on any atom is 0.331 e. The van der Waals surface area contributed by atoms with Crippen LogP contribution in [0.25, 0.3) is 0 Å². The molecular weight excluding hydrogens is 224 g/mol. The van der Waals surface area contributed by atoms with Gasteiger partial charge < -0.3 is 15.3 Å². The molecule has 0 fully saturated rings. The Kier molecular flexibility index (Phi) is 4.08. The first-order valence-corrected chi connectivity index (χ1v) is 5.18. The number of amides is 2. The molecule has 1 heterocycles. The topological polar surface area (TPSA) is 87.5 Å². The van der Waals surface area contributed by atoms with Gasteiger partial charge in [-0.15, -0.1) is 0 Å². The molecule has 2 N–H and O–H groups in total. The summed E-state index contributed by atoms with van der Waals surface area (Å²) in [6, 6.07) is -1.51. The van der Waals surface area contributed by atoms with E-state index in [2.05, 4.69) is 10.4 Å². The van der Waals surface area contributed by atoms with Gasteiger partial charge in [0, 0.05) is 32.4 Å². The molecule has 0 aromatic carbocycles. The van der Waals surface area contributed by atoms with Crippen LogP contribution in [0.4, 0.5) is 4.79 Å². The molecule has 1 rings (SSSR count). The number of carboxylic acid groups (broad SMARTS) is 1. The summed E-state index contributed by atoms with van der Waals surface area (Å²) in [5.41, 5.74) is 0.442. The molecule has 7 heteroatoms. The second kappa shape index (κ2) is 5.33. The average Bonchev–Trinajstić information content (AvgIpc) is 2.70. The average molecular weight is 240 g/mol. The Morgan fingerprint density at radius 2 is 2.29 bits per heavy atom. The lowest BCUT2D eigenvalue weighted by atomic mass is 10.1. The second-order valence-electron chi connectivity index (χ2n) is 3.68. The van der Waals surface area contributed by atoms with Gasteiger partial charge in [-0.3, -0.25) is 4.68 Å². The summed E-state index contributed by atoms with van der Waals surface area (Å²) in [5, 5.41) is 15.4. The van der Waals surface area contributed by atoms with Crippen molar-refractivity contribution in [2.24, 2.45) is 7.05 Å². The Hall–Kier alpha value is -2.05. The summed E-state index contributed by atoms with van der Waals surface area (Å²) in [6.07, 6.45) is 2.98. The van der Waals surface area contributed by atoms with Crippen molar-refractivity contribution in [3.63, 3.8) is 0 Å². The van der Waals surface area contributed by atoms with Crippen LogP contribution in [0.15, 0.2) is 12.4 Å². The monoisotopic (exact) mass is 240 g/mol. The Morgan fingerprint density at radius 1 is 1.65 bits per heavy atom. The van der Waals surface area contributed by atoms with Crippen LogP contribution in [0.2, 0.25) is 0 Å². The lowest BCUT2D eigenvalue weighted by Gasteiger charge is -2.19. The molecule has 1 aromatic heterocycles. The van der Waals surface area contributed by atoms with Crippen LogP contribution in [0.3, 0.4) is 0 Å². The van der Waals surface area contributed by atoms with E-state index in [1.807, 2.05) is 0 Å². The lowest BCUT2D eigenvalue weighted by molar-refractivity contribution is -0.139. The largest absolute Gasteiger partial charge is 0.479 e. The standard InChI is InChI=1S/C10H16N4O3/c1-4-13(2)10(17)12-8(9(15)16)7-5-11-14(3)6-7/h5-6,8H,4H2,1-3H3,(H,12,17)(H,15,16). The van der Waals surface area contributed by atoms with Crippen molar-refractivity contribution in [3.8, 4) is 0 Å². The molecule has 0 bridgehead atoms. The van der Waals surface area contributed by atoms with Crippen LogP contribution >= 0.6 is 0 Å². The summed E-state index contributed by atoms with van der Waals surface area (Å²) in [6.45, 7) is 2.31. The van der Waals surface area contributed by atoms with Gasteiger partial charge in [-0.2, -0.15) is 5.10 Å². The zero-order valence-corrected chi connectivity index (χ0v) is 10.0. The SMILES string of the molecule is CCN(C)C(=O)NC(C(=O)O)c1cnn(C)c1. The predicted octanol–water partition coefficient (Wildman–Crippen LogP) is 0.207. The van der Waals surface area contributed by atoms with Crippen LogP contribution in [0.5, 0.6) is 0 Å². The van der Waals surface area contributed by atoms with E-state index in [4.69, 9.17) is 5.11 Å². The van der Waals surface area contributed by atoms with Crippen molar-refractivity contribution in [1.82, 2.24) is 20.0 Å². The minimum absolute atomic E-state index is 0.427. The fourth-order valence-electron chi connectivity index (χ4n) is 1.25. The number of urea groups is 1. The van der Waals surface area contributed by atoms with Crippen molar-refractivity contribution in [3.05, 3.63) is 18.0 Å². The van der Waals surface area contributed by atoms with Crippen molar-refractivity contribution in [2.45, 2.75) is 13.0 Å². The highest BCUT2D eigenvalue weighted by molar-refractivity contribution is 5.83. The smallest absolute Gasteiger partial charge is 0.331 e. The number of hydrogen-bond donors (Lipinski definition) is 2. The molecule has 1 atom stereocenters. The van der Waals surface area contributed by atoms with E-state index >= 15 is 0 Å². The summed E-state index contributed by atoms with van der Waals surface area (Å²) >= 11 is 0. The Balaban J connectivity index is 2.81. The van der Waals surface area contributed by atoms with E-state index in [1.165, 1.54) is 15.8 Å². The van der Waals surface area contributed by atoms with Crippen LogP contribution in [0.1, 0.15) is 18.5 Å². The molecule has 17 heavy (non-hydrogen) atoms. The molecule has 0 saturated carbocycles. The molecule has 0 spiro atoms. The van der Waals surface area contributed by atoms with E-state index in [0.717, 1.165) is 0 Å². The molecule has 0 aliphatic rings. The molecule has 0 aliphatic heterocycles. The number of carbonyl (C=O) groups excluding carboxylic acids is 1. The number of carbonyl (C=O) groups is 2. The highest BCUT2D eigenvalue weighted by Gasteiger charge is 2.24. The van der Waals surface area contributed by atoms with Gasteiger partial charge in [0.05, 0.1) is 6.20 Å². The number of rotatable bonds is 4. The number of aromatic nitrogens is 2. The molecule has 1 unspecified atom stereocenters. The molecular formula is C10H16N4O3. The van der Waals surface area contributed by atoms with Gasteiger partial charge >= 0.3 is 12.0 Å². The third-order valence-electron chi connectivity index (χ3n) is 2.39. The zero-order valence-electron chi connectivity index (χ0n) is 10.0. The molecule has 0 saturated heterocycles. The third-order valence-corrected chi connectivity index (χ3v) is 2.39. The van der Waals surface area contributed by atoms with Gasteiger partial charge in [-0.05, 0) is 6.92 Å².